The van der Waals surface area contributed by atoms with Gasteiger partial charge in [0.1, 0.15) is 11.5 Å². The standard InChI is InChI=1S/C23H21BrFN3O2S/c1-13-3-8-19(24)18(11-13)22(29)26-12-17-9-10-28(17)23(30)20-21(31-14(2)27-20)15-4-6-16(25)7-5-15/h3-8,11,17H,9-10,12H2,1-2H3,(H,26,29). The van der Waals surface area contributed by atoms with Crippen LogP contribution in [0.3, 0.4) is 0 Å². The Bertz CT molecular complexity index is 1150. The van der Waals surface area contributed by atoms with Crippen molar-refractivity contribution in [3.05, 3.63) is 74.6 Å². The fraction of sp³-hybridized carbons (Fsp3) is 0.261. The number of halogens is 2. The van der Waals surface area contributed by atoms with E-state index in [0.717, 1.165) is 31.9 Å². The van der Waals surface area contributed by atoms with Gasteiger partial charge < -0.3 is 10.2 Å². The lowest BCUT2D eigenvalue weighted by atomic mass is 10.0. The van der Waals surface area contributed by atoms with Crippen molar-refractivity contribution in [2.75, 3.05) is 13.1 Å². The first-order chi connectivity index (χ1) is 14.8. The Balaban J connectivity index is 1.46. The Kier molecular flexibility index (Phi) is 6.20. The van der Waals surface area contributed by atoms with Gasteiger partial charge in [0, 0.05) is 17.6 Å². The monoisotopic (exact) mass is 501 g/mol. The molecule has 0 bridgehead atoms. The summed E-state index contributed by atoms with van der Waals surface area (Å²) in [5.74, 6) is -0.658. The van der Waals surface area contributed by atoms with Crippen molar-refractivity contribution >= 4 is 39.1 Å². The average Bonchev–Trinajstić information content (AvgIpc) is 3.11. The second-order valence-corrected chi connectivity index (χ2v) is 9.61. The third kappa shape index (κ3) is 4.55. The Morgan fingerprint density at radius 3 is 2.65 bits per heavy atom. The summed E-state index contributed by atoms with van der Waals surface area (Å²) in [6, 6.07) is 11.6. The Labute approximate surface area is 192 Å². The molecule has 1 N–H and O–H groups in total. The van der Waals surface area contributed by atoms with Gasteiger partial charge in [-0.2, -0.15) is 0 Å². The van der Waals surface area contributed by atoms with Gasteiger partial charge in [0.05, 0.1) is 21.5 Å². The summed E-state index contributed by atoms with van der Waals surface area (Å²) in [6.45, 7) is 4.78. The summed E-state index contributed by atoms with van der Waals surface area (Å²) in [4.78, 5) is 32.7. The van der Waals surface area contributed by atoms with Gasteiger partial charge in [-0.1, -0.05) is 23.8 Å². The zero-order valence-corrected chi connectivity index (χ0v) is 19.5. The van der Waals surface area contributed by atoms with Crippen molar-refractivity contribution in [2.45, 2.75) is 26.3 Å². The summed E-state index contributed by atoms with van der Waals surface area (Å²) in [5, 5.41) is 3.72. The van der Waals surface area contributed by atoms with Crippen molar-refractivity contribution in [3.8, 4) is 10.4 Å². The molecular formula is C23H21BrFN3O2S. The lowest BCUT2D eigenvalue weighted by Crippen LogP contribution is -2.56. The second kappa shape index (κ2) is 8.88. The normalized spacial score (nSPS) is 15.5. The van der Waals surface area contributed by atoms with Crippen LogP contribution in [0.4, 0.5) is 4.39 Å². The summed E-state index contributed by atoms with van der Waals surface area (Å²) >= 11 is 4.83. The highest BCUT2D eigenvalue weighted by Gasteiger charge is 2.35. The van der Waals surface area contributed by atoms with Crippen molar-refractivity contribution in [1.82, 2.24) is 15.2 Å². The molecule has 1 unspecified atom stereocenters. The van der Waals surface area contributed by atoms with Crippen LogP contribution in [0, 0.1) is 19.7 Å². The lowest BCUT2D eigenvalue weighted by molar-refractivity contribution is 0.0451. The minimum atomic E-state index is -0.323. The molecule has 0 saturated carbocycles. The third-order valence-corrected chi connectivity index (χ3v) is 7.02. The van der Waals surface area contributed by atoms with Crippen LogP contribution in [-0.4, -0.2) is 40.8 Å². The topological polar surface area (TPSA) is 62.3 Å². The second-order valence-electron chi connectivity index (χ2n) is 7.55. The number of likely N-dealkylation sites (tertiary alicyclic amines) is 1. The quantitative estimate of drug-likeness (QED) is 0.536. The maximum absolute atomic E-state index is 13.3. The van der Waals surface area contributed by atoms with Gasteiger partial charge in [-0.3, -0.25) is 9.59 Å². The van der Waals surface area contributed by atoms with Crippen molar-refractivity contribution in [1.29, 1.82) is 0 Å². The number of benzene rings is 2. The van der Waals surface area contributed by atoms with Gasteiger partial charge in [0.2, 0.25) is 0 Å². The maximum Gasteiger partial charge on any atom is 0.274 e. The number of carbonyl (C=O) groups excluding carboxylic acids is 2. The molecule has 3 aromatic rings. The van der Waals surface area contributed by atoms with E-state index in [2.05, 4.69) is 26.2 Å². The Hall–Kier alpha value is -2.58. The molecule has 2 aromatic carbocycles. The van der Waals surface area contributed by atoms with E-state index in [1.165, 1.54) is 23.5 Å². The highest BCUT2D eigenvalue weighted by Crippen LogP contribution is 2.33. The van der Waals surface area contributed by atoms with E-state index in [4.69, 9.17) is 0 Å². The molecule has 2 heterocycles. The number of hydrogen-bond acceptors (Lipinski definition) is 4. The third-order valence-electron chi connectivity index (χ3n) is 5.31. The SMILES string of the molecule is Cc1ccc(Br)c(C(=O)NCC2CCN2C(=O)c2nc(C)sc2-c2ccc(F)cc2)c1. The van der Waals surface area contributed by atoms with Crippen LogP contribution in [0.1, 0.15) is 37.8 Å². The smallest absolute Gasteiger partial charge is 0.274 e. The number of aromatic nitrogens is 1. The van der Waals surface area contributed by atoms with Crippen LogP contribution < -0.4 is 5.32 Å². The molecule has 1 aliphatic rings. The van der Waals surface area contributed by atoms with Crippen LogP contribution >= 0.6 is 27.3 Å². The predicted octanol–water partition coefficient (Wildman–Crippen LogP) is 4.97. The van der Waals surface area contributed by atoms with Crippen LogP contribution in [-0.2, 0) is 0 Å². The highest BCUT2D eigenvalue weighted by atomic mass is 79.9. The van der Waals surface area contributed by atoms with Gasteiger partial charge in [-0.25, -0.2) is 9.37 Å². The van der Waals surface area contributed by atoms with E-state index < -0.39 is 0 Å². The van der Waals surface area contributed by atoms with Crippen LogP contribution in [0.25, 0.3) is 10.4 Å². The fourth-order valence-electron chi connectivity index (χ4n) is 3.54. The van der Waals surface area contributed by atoms with E-state index >= 15 is 0 Å². The predicted molar refractivity (Wildman–Crippen MR) is 123 cm³/mol. The van der Waals surface area contributed by atoms with Gasteiger partial charge in [-0.05, 0) is 66.0 Å². The minimum absolute atomic E-state index is 0.0805. The first-order valence-electron chi connectivity index (χ1n) is 9.92. The number of nitrogens with zero attached hydrogens (tertiary/aromatic N) is 2. The number of rotatable bonds is 5. The summed E-state index contributed by atoms with van der Waals surface area (Å²) in [6.07, 6.45) is 0.815. The number of nitrogens with one attached hydrogen (secondary N) is 1. The first kappa shape index (κ1) is 21.6. The molecule has 0 spiro atoms. The van der Waals surface area contributed by atoms with E-state index in [-0.39, 0.29) is 23.7 Å². The van der Waals surface area contributed by atoms with E-state index in [1.54, 1.807) is 17.0 Å². The molecule has 1 fully saturated rings. The summed E-state index contributed by atoms with van der Waals surface area (Å²) in [5.41, 5.74) is 2.73. The number of amides is 2. The van der Waals surface area contributed by atoms with Crippen molar-refractivity contribution < 1.29 is 14.0 Å². The first-order valence-corrected chi connectivity index (χ1v) is 11.5. The maximum atomic E-state index is 13.3. The lowest BCUT2D eigenvalue weighted by Gasteiger charge is -2.40. The highest BCUT2D eigenvalue weighted by molar-refractivity contribution is 9.10. The Morgan fingerprint density at radius 2 is 1.97 bits per heavy atom. The number of hydrogen-bond donors (Lipinski definition) is 1. The van der Waals surface area contributed by atoms with Crippen LogP contribution in [0.15, 0.2) is 46.9 Å². The number of thiazole rings is 1. The molecule has 1 atom stereocenters. The fourth-order valence-corrected chi connectivity index (χ4v) is 4.89. The molecule has 0 radical (unpaired) electrons. The van der Waals surface area contributed by atoms with Gasteiger partial charge in [0.15, 0.2) is 0 Å². The largest absolute Gasteiger partial charge is 0.350 e. The van der Waals surface area contributed by atoms with Crippen LogP contribution in [0.2, 0.25) is 0 Å². The van der Waals surface area contributed by atoms with Crippen LogP contribution in [0.5, 0.6) is 0 Å². The van der Waals surface area contributed by atoms with Crippen molar-refractivity contribution in [3.63, 3.8) is 0 Å². The van der Waals surface area contributed by atoms with Crippen molar-refractivity contribution in [2.24, 2.45) is 0 Å². The molecule has 5 nitrogen and oxygen atoms in total. The van der Waals surface area contributed by atoms with E-state index in [1.807, 2.05) is 32.0 Å². The van der Waals surface area contributed by atoms with Gasteiger partial charge >= 0.3 is 0 Å². The number of aryl methyl sites for hydroxylation is 2. The molecule has 4 rings (SSSR count). The minimum Gasteiger partial charge on any atom is -0.350 e. The number of carbonyl (C=O) groups is 2. The summed E-state index contributed by atoms with van der Waals surface area (Å²) in [7, 11) is 0. The molecule has 1 saturated heterocycles. The van der Waals surface area contributed by atoms with Gasteiger partial charge in [-0.15, -0.1) is 11.3 Å². The molecule has 8 heteroatoms. The molecule has 2 amide bonds. The average molecular weight is 502 g/mol. The summed E-state index contributed by atoms with van der Waals surface area (Å²) < 4.78 is 14.0. The zero-order chi connectivity index (χ0) is 22.1. The Morgan fingerprint density at radius 1 is 1.23 bits per heavy atom. The molecular weight excluding hydrogens is 481 g/mol. The zero-order valence-electron chi connectivity index (χ0n) is 17.1. The molecule has 0 aliphatic carbocycles. The molecule has 1 aromatic heterocycles. The van der Waals surface area contributed by atoms with E-state index in [9.17, 15) is 14.0 Å². The molecule has 31 heavy (non-hydrogen) atoms. The van der Waals surface area contributed by atoms with Gasteiger partial charge in [0.25, 0.3) is 11.8 Å². The molecule has 1 aliphatic heterocycles. The molecule has 160 valence electrons. The van der Waals surface area contributed by atoms with E-state index in [0.29, 0.717) is 24.3 Å².